The van der Waals surface area contributed by atoms with Crippen molar-refractivity contribution in [2.75, 3.05) is 18.0 Å². The highest BCUT2D eigenvalue weighted by molar-refractivity contribution is 7.89. The predicted octanol–water partition coefficient (Wildman–Crippen LogP) is 4.01. The van der Waals surface area contributed by atoms with Crippen LogP contribution >= 0.6 is 0 Å². The Balaban J connectivity index is 1.68. The van der Waals surface area contributed by atoms with Crippen LogP contribution in [0.4, 0.5) is 5.69 Å². The zero-order valence-electron chi connectivity index (χ0n) is 17.3. The summed E-state index contributed by atoms with van der Waals surface area (Å²) in [7, 11) is -3.59. The molecule has 0 aliphatic carbocycles. The molecule has 1 fully saturated rings. The number of benzene rings is 2. The Morgan fingerprint density at radius 2 is 1.72 bits per heavy atom. The standard InChI is InChI=1S/C23H28N2O3S/c1-16-10-12-24(13-11-16)29(27,28)20-9-8-17(2)21(15-20)23(26)25-18(3)14-19-6-4-5-7-22(19)25/h4-9,15-16,18H,10-14H2,1-3H3/t18-/m1/s1. The number of aryl methyl sites for hydroxylation is 1. The smallest absolute Gasteiger partial charge is 0.258 e. The number of rotatable bonds is 3. The van der Waals surface area contributed by atoms with Crippen LogP contribution in [0.15, 0.2) is 47.4 Å². The Morgan fingerprint density at radius 1 is 1.03 bits per heavy atom. The Labute approximate surface area is 173 Å². The van der Waals surface area contributed by atoms with E-state index in [1.165, 1.54) is 0 Å². The number of fused-ring (bicyclic) bond motifs is 1. The molecule has 1 atom stereocenters. The van der Waals surface area contributed by atoms with Gasteiger partial charge in [-0.25, -0.2) is 8.42 Å². The van der Waals surface area contributed by atoms with E-state index in [1.54, 1.807) is 27.4 Å². The minimum absolute atomic E-state index is 0.0446. The van der Waals surface area contributed by atoms with E-state index in [0.29, 0.717) is 24.6 Å². The molecule has 6 heteroatoms. The van der Waals surface area contributed by atoms with Gasteiger partial charge in [0.1, 0.15) is 0 Å². The summed E-state index contributed by atoms with van der Waals surface area (Å²) < 4.78 is 27.9. The van der Waals surface area contributed by atoms with Gasteiger partial charge in [-0.1, -0.05) is 31.2 Å². The summed E-state index contributed by atoms with van der Waals surface area (Å²) in [6.07, 6.45) is 2.56. The third kappa shape index (κ3) is 3.60. The van der Waals surface area contributed by atoms with Gasteiger partial charge in [-0.15, -0.1) is 0 Å². The number of carbonyl (C=O) groups excluding carboxylic acids is 1. The van der Waals surface area contributed by atoms with E-state index >= 15 is 0 Å². The molecule has 0 saturated carbocycles. The second-order valence-corrected chi connectivity index (χ2v) is 10.4. The first-order valence-corrected chi connectivity index (χ1v) is 11.8. The molecule has 0 N–H and O–H groups in total. The third-order valence-corrected chi connectivity index (χ3v) is 8.14. The Kier molecular flexibility index (Phi) is 5.25. The lowest BCUT2D eigenvalue weighted by molar-refractivity contribution is 0.0980. The van der Waals surface area contributed by atoms with Crippen LogP contribution in [0.1, 0.15) is 48.2 Å². The molecule has 29 heavy (non-hydrogen) atoms. The molecule has 1 saturated heterocycles. The van der Waals surface area contributed by atoms with Crippen LogP contribution in [0, 0.1) is 12.8 Å². The summed E-state index contributed by atoms with van der Waals surface area (Å²) in [5.41, 5.74) is 3.32. The summed E-state index contributed by atoms with van der Waals surface area (Å²) in [5.74, 6) is 0.414. The van der Waals surface area contributed by atoms with Crippen molar-refractivity contribution in [2.45, 2.75) is 51.0 Å². The lowest BCUT2D eigenvalue weighted by Gasteiger charge is -2.29. The molecular formula is C23H28N2O3S. The Hall–Kier alpha value is -2.18. The average Bonchev–Trinajstić information content (AvgIpc) is 3.03. The molecule has 4 rings (SSSR count). The zero-order chi connectivity index (χ0) is 20.8. The average molecular weight is 413 g/mol. The maximum absolute atomic E-state index is 13.5. The SMILES string of the molecule is Cc1ccc(S(=O)(=O)N2CCC(C)CC2)cc1C(=O)N1c2ccccc2C[C@H]1C. The van der Waals surface area contributed by atoms with Crippen LogP contribution in [0.5, 0.6) is 0 Å². The molecular weight excluding hydrogens is 384 g/mol. The number of piperidine rings is 1. The van der Waals surface area contributed by atoms with Crippen molar-refractivity contribution in [3.63, 3.8) is 0 Å². The maximum Gasteiger partial charge on any atom is 0.258 e. The molecule has 2 aromatic rings. The zero-order valence-corrected chi connectivity index (χ0v) is 18.1. The Bertz CT molecular complexity index is 1040. The molecule has 0 unspecified atom stereocenters. The van der Waals surface area contributed by atoms with E-state index in [4.69, 9.17) is 0 Å². The van der Waals surface area contributed by atoms with Gasteiger partial charge in [0.2, 0.25) is 10.0 Å². The quantitative estimate of drug-likeness (QED) is 0.765. The first kappa shape index (κ1) is 20.1. The minimum atomic E-state index is -3.59. The lowest BCUT2D eigenvalue weighted by Crippen LogP contribution is -2.38. The number of amides is 1. The lowest BCUT2D eigenvalue weighted by atomic mass is 10.0. The van der Waals surface area contributed by atoms with Crippen molar-refractivity contribution in [1.29, 1.82) is 0 Å². The summed E-state index contributed by atoms with van der Waals surface area (Å²) in [6.45, 7) is 7.12. The highest BCUT2D eigenvalue weighted by Gasteiger charge is 2.33. The van der Waals surface area contributed by atoms with Gasteiger partial charge in [0, 0.05) is 30.4 Å². The molecule has 154 valence electrons. The van der Waals surface area contributed by atoms with Crippen molar-refractivity contribution < 1.29 is 13.2 Å². The number of carbonyl (C=O) groups is 1. The molecule has 0 radical (unpaired) electrons. The fourth-order valence-corrected chi connectivity index (χ4v) is 5.87. The third-order valence-electron chi connectivity index (χ3n) is 6.25. The van der Waals surface area contributed by atoms with E-state index < -0.39 is 10.0 Å². The monoisotopic (exact) mass is 412 g/mol. The summed E-state index contributed by atoms with van der Waals surface area (Å²) in [6, 6.07) is 12.9. The first-order valence-electron chi connectivity index (χ1n) is 10.3. The maximum atomic E-state index is 13.5. The number of sulfonamides is 1. The first-order chi connectivity index (χ1) is 13.8. The predicted molar refractivity (Wildman–Crippen MR) is 115 cm³/mol. The fourth-order valence-electron chi connectivity index (χ4n) is 4.37. The number of para-hydroxylation sites is 1. The van der Waals surface area contributed by atoms with Crippen LogP contribution in [-0.2, 0) is 16.4 Å². The van der Waals surface area contributed by atoms with E-state index in [2.05, 4.69) is 6.92 Å². The fraction of sp³-hybridized carbons (Fsp3) is 0.435. The van der Waals surface area contributed by atoms with Crippen LogP contribution in [0.25, 0.3) is 0 Å². The Morgan fingerprint density at radius 3 is 2.45 bits per heavy atom. The van der Waals surface area contributed by atoms with Gasteiger partial charge in [0.05, 0.1) is 4.90 Å². The van der Waals surface area contributed by atoms with Gasteiger partial charge in [0.15, 0.2) is 0 Å². The van der Waals surface area contributed by atoms with Crippen molar-refractivity contribution in [1.82, 2.24) is 4.31 Å². The summed E-state index contributed by atoms with van der Waals surface area (Å²) >= 11 is 0. The molecule has 5 nitrogen and oxygen atoms in total. The molecule has 2 aliphatic rings. The van der Waals surface area contributed by atoms with Crippen LogP contribution in [0.2, 0.25) is 0 Å². The van der Waals surface area contributed by atoms with Crippen LogP contribution < -0.4 is 4.90 Å². The summed E-state index contributed by atoms with van der Waals surface area (Å²) in [5, 5.41) is 0. The second kappa shape index (κ2) is 7.58. The van der Waals surface area contributed by atoms with Crippen LogP contribution in [-0.4, -0.2) is 37.8 Å². The van der Waals surface area contributed by atoms with E-state index in [-0.39, 0.29) is 16.8 Å². The molecule has 2 aliphatic heterocycles. The van der Waals surface area contributed by atoms with Crippen LogP contribution in [0.3, 0.4) is 0 Å². The topological polar surface area (TPSA) is 57.7 Å². The van der Waals surface area contributed by atoms with Gasteiger partial charge < -0.3 is 4.90 Å². The van der Waals surface area contributed by atoms with Crippen molar-refractivity contribution in [2.24, 2.45) is 5.92 Å². The second-order valence-electron chi connectivity index (χ2n) is 8.42. The highest BCUT2D eigenvalue weighted by atomic mass is 32.2. The molecule has 2 aromatic carbocycles. The van der Waals surface area contributed by atoms with Crippen molar-refractivity contribution in [3.05, 3.63) is 59.2 Å². The normalized spacial score (nSPS) is 20.7. The molecule has 2 heterocycles. The molecule has 0 bridgehead atoms. The van der Waals surface area contributed by atoms with E-state index in [0.717, 1.165) is 36.1 Å². The molecule has 0 spiro atoms. The van der Waals surface area contributed by atoms with Gasteiger partial charge in [-0.05, 0) is 68.4 Å². The minimum Gasteiger partial charge on any atom is -0.305 e. The number of nitrogens with zero attached hydrogens (tertiary/aromatic N) is 2. The summed E-state index contributed by atoms with van der Waals surface area (Å²) in [4.78, 5) is 15.5. The number of hydrogen-bond acceptors (Lipinski definition) is 3. The van der Waals surface area contributed by atoms with E-state index in [1.807, 2.05) is 38.1 Å². The van der Waals surface area contributed by atoms with Gasteiger partial charge in [-0.2, -0.15) is 4.31 Å². The highest BCUT2D eigenvalue weighted by Crippen LogP contribution is 2.34. The number of anilines is 1. The van der Waals surface area contributed by atoms with Gasteiger partial charge >= 0.3 is 0 Å². The largest absolute Gasteiger partial charge is 0.305 e. The van der Waals surface area contributed by atoms with Crippen molar-refractivity contribution in [3.8, 4) is 0 Å². The van der Waals surface area contributed by atoms with E-state index in [9.17, 15) is 13.2 Å². The number of hydrogen-bond donors (Lipinski definition) is 0. The van der Waals surface area contributed by atoms with Crippen molar-refractivity contribution >= 4 is 21.6 Å². The molecule has 0 aromatic heterocycles. The molecule has 1 amide bonds. The van der Waals surface area contributed by atoms with Gasteiger partial charge in [0.25, 0.3) is 5.91 Å². The van der Waals surface area contributed by atoms with Gasteiger partial charge in [-0.3, -0.25) is 4.79 Å².